The van der Waals surface area contributed by atoms with Crippen molar-refractivity contribution < 1.29 is 10.2 Å². The summed E-state index contributed by atoms with van der Waals surface area (Å²) >= 11 is 3.14. The van der Waals surface area contributed by atoms with Crippen LogP contribution in [-0.2, 0) is 0 Å². The monoisotopic (exact) mass is 296 g/mol. The van der Waals surface area contributed by atoms with E-state index in [2.05, 4.69) is 25.9 Å². The molecule has 0 aliphatic heterocycles. The van der Waals surface area contributed by atoms with E-state index in [0.29, 0.717) is 10.9 Å². The van der Waals surface area contributed by atoms with Crippen LogP contribution in [0.15, 0.2) is 36.8 Å². The molecule has 90 valence electrons. The number of aliphatic hydroxyl groups is 2. The number of rotatable bonds is 4. The highest BCUT2D eigenvalue weighted by molar-refractivity contribution is 9.09. The molecule has 0 fully saturated rings. The molecule has 0 saturated carbocycles. The number of H-pyrrole nitrogens is 1. The van der Waals surface area contributed by atoms with Crippen molar-refractivity contribution in [2.45, 2.75) is 12.2 Å². The van der Waals surface area contributed by atoms with Crippen LogP contribution >= 0.6 is 15.9 Å². The fraction of sp³-hybridized carbons (Fsp3) is 0.250. The molecule has 1 aromatic carbocycles. The Morgan fingerprint density at radius 1 is 1.24 bits per heavy atom. The maximum absolute atomic E-state index is 9.81. The number of aromatic nitrogens is 2. The van der Waals surface area contributed by atoms with E-state index >= 15 is 0 Å². The van der Waals surface area contributed by atoms with E-state index in [-0.39, 0.29) is 0 Å². The van der Waals surface area contributed by atoms with Crippen LogP contribution in [0.5, 0.6) is 0 Å². The predicted octanol–water partition coefficient (Wildman–Crippen LogP) is 1.87. The fourth-order valence-corrected chi connectivity index (χ4v) is 1.93. The van der Waals surface area contributed by atoms with Crippen molar-refractivity contribution in [1.82, 2.24) is 9.97 Å². The molecule has 4 nitrogen and oxygen atoms in total. The number of aliphatic hydroxyl groups excluding tert-OH is 2. The number of hydrogen-bond donors (Lipinski definition) is 3. The molecule has 2 aromatic rings. The lowest BCUT2D eigenvalue weighted by molar-refractivity contribution is 0.0343. The Labute approximate surface area is 107 Å². The van der Waals surface area contributed by atoms with Crippen LogP contribution in [0.3, 0.4) is 0 Å². The first kappa shape index (κ1) is 12.3. The fourth-order valence-electron chi connectivity index (χ4n) is 1.58. The summed E-state index contributed by atoms with van der Waals surface area (Å²) in [5.41, 5.74) is 2.61. The van der Waals surface area contributed by atoms with Crippen molar-refractivity contribution in [2.24, 2.45) is 0 Å². The Balaban J connectivity index is 2.18. The van der Waals surface area contributed by atoms with Gasteiger partial charge in [-0.25, -0.2) is 4.98 Å². The lowest BCUT2D eigenvalue weighted by Gasteiger charge is -2.15. The molecule has 0 aliphatic rings. The number of alkyl halides is 1. The number of hydrogen-bond acceptors (Lipinski definition) is 3. The lowest BCUT2D eigenvalue weighted by atomic mass is 10.0. The second-order valence-electron chi connectivity index (χ2n) is 3.75. The van der Waals surface area contributed by atoms with Gasteiger partial charge < -0.3 is 15.2 Å². The molecule has 5 heteroatoms. The van der Waals surface area contributed by atoms with Gasteiger partial charge in [0.2, 0.25) is 0 Å². The molecule has 0 amide bonds. The van der Waals surface area contributed by atoms with Gasteiger partial charge in [-0.05, 0) is 11.1 Å². The molecule has 0 bridgehead atoms. The maximum atomic E-state index is 9.81. The van der Waals surface area contributed by atoms with Gasteiger partial charge in [0.1, 0.15) is 6.10 Å². The van der Waals surface area contributed by atoms with Crippen molar-refractivity contribution in [2.75, 3.05) is 5.33 Å². The van der Waals surface area contributed by atoms with Gasteiger partial charge in [-0.2, -0.15) is 0 Å². The van der Waals surface area contributed by atoms with E-state index in [9.17, 15) is 10.2 Å². The molecular formula is C12H13BrN2O2. The van der Waals surface area contributed by atoms with Crippen molar-refractivity contribution in [3.05, 3.63) is 42.4 Å². The van der Waals surface area contributed by atoms with Gasteiger partial charge in [-0.3, -0.25) is 0 Å². The maximum Gasteiger partial charge on any atom is 0.106 e. The lowest BCUT2D eigenvalue weighted by Crippen LogP contribution is -2.19. The number of nitrogens with one attached hydrogen (secondary N) is 1. The van der Waals surface area contributed by atoms with Gasteiger partial charge >= 0.3 is 0 Å². The van der Waals surface area contributed by atoms with Crippen molar-refractivity contribution in [1.29, 1.82) is 0 Å². The molecule has 3 N–H and O–H groups in total. The highest BCUT2D eigenvalue weighted by Gasteiger charge is 2.16. The molecular weight excluding hydrogens is 284 g/mol. The van der Waals surface area contributed by atoms with Crippen molar-refractivity contribution in [3.63, 3.8) is 0 Å². The highest BCUT2D eigenvalue weighted by atomic mass is 79.9. The quantitative estimate of drug-likeness (QED) is 0.755. The number of imidazole rings is 1. The summed E-state index contributed by atoms with van der Waals surface area (Å²) in [6.45, 7) is 0. The third kappa shape index (κ3) is 2.74. The minimum absolute atomic E-state index is 0.344. The zero-order valence-corrected chi connectivity index (χ0v) is 10.6. The van der Waals surface area contributed by atoms with Crippen LogP contribution in [0.25, 0.3) is 11.3 Å². The summed E-state index contributed by atoms with van der Waals surface area (Å²) in [6, 6.07) is 7.36. The SMILES string of the molecule is OC(CBr)C(O)c1ccc(-c2cnc[nH]2)cc1. The smallest absolute Gasteiger partial charge is 0.106 e. The Hall–Kier alpha value is -1.17. The summed E-state index contributed by atoms with van der Waals surface area (Å²) in [6.07, 6.45) is 1.68. The largest absolute Gasteiger partial charge is 0.389 e. The first-order chi connectivity index (χ1) is 8.22. The van der Waals surface area contributed by atoms with Gasteiger partial charge in [0.05, 0.1) is 24.3 Å². The van der Waals surface area contributed by atoms with Crippen LogP contribution in [0.1, 0.15) is 11.7 Å². The first-order valence-electron chi connectivity index (χ1n) is 5.23. The summed E-state index contributed by atoms with van der Waals surface area (Å²) in [5.74, 6) is 0. The molecule has 1 heterocycles. The van der Waals surface area contributed by atoms with Crippen molar-refractivity contribution in [3.8, 4) is 11.3 Å². The van der Waals surface area contributed by atoms with E-state index in [1.165, 1.54) is 0 Å². The second kappa shape index (κ2) is 5.44. The molecule has 0 spiro atoms. The van der Waals surface area contributed by atoms with Crippen molar-refractivity contribution >= 4 is 15.9 Å². The average molecular weight is 297 g/mol. The summed E-state index contributed by atoms with van der Waals surface area (Å²) < 4.78 is 0. The highest BCUT2D eigenvalue weighted by Crippen LogP contribution is 2.22. The average Bonchev–Trinajstić information content (AvgIpc) is 2.91. The minimum atomic E-state index is -0.870. The Bertz CT molecular complexity index is 456. The zero-order valence-electron chi connectivity index (χ0n) is 9.05. The molecule has 2 rings (SSSR count). The Kier molecular flexibility index (Phi) is 3.93. The third-order valence-electron chi connectivity index (χ3n) is 2.58. The van der Waals surface area contributed by atoms with E-state index in [0.717, 1.165) is 11.3 Å². The summed E-state index contributed by atoms with van der Waals surface area (Å²) in [7, 11) is 0. The van der Waals surface area contributed by atoms with E-state index in [1.54, 1.807) is 24.7 Å². The van der Waals surface area contributed by atoms with Gasteiger partial charge in [0.25, 0.3) is 0 Å². The molecule has 17 heavy (non-hydrogen) atoms. The third-order valence-corrected chi connectivity index (χ3v) is 3.25. The van der Waals surface area contributed by atoms with Gasteiger partial charge in [-0.1, -0.05) is 40.2 Å². The number of nitrogens with zero attached hydrogens (tertiary/aromatic N) is 1. The zero-order chi connectivity index (χ0) is 12.3. The number of aromatic amines is 1. The number of benzene rings is 1. The number of halogens is 1. The van der Waals surface area contributed by atoms with Crippen LogP contribution in [-0.4, -0.2) is 31.6 Å². The molecule has 1 aromatic heterocycles. The van der Waals surface area contributed by atoms with E-state index in [1.807, 2.05) is 12.1 Å². The molecule has 2 unspecified atom stereocenters. The first-order valence-corrected chi connectivity index (χ1v) is 6.35. The van der Waals surface area contributed by atoms with Crippen LogP contribution in [0.4, 0.5) is 0 Å². The Morgan fingerprint density at radius 2 is 1.94 bits per heavy atom. The van der Waals surface area contributed by atoms with Gasteiger partial charge in [-0.15, -0.1) is 0 Å². The molecule has 0 saturated heterocycles. The van der Waals surface area contributed by atoms with E-state index in [4.69, 9.17) is 0 Å². The van der Waals surface area contributed by atoms with Crippen LogP contribution in [0.2, 0.25) is 0 Å². The van der Waals surface area contributed by atoms with Gasteiger partial charge in [0.15, 0.2) is 0 Å². The van der Waals surface area contributed by atoms with Gasteiger partial charge in [0, 0.05) is 5.33 Å². The standard InChI is InChI=1S/C12H13BrN2O2/c13-5-11(16)12(17)9-3-1-8(2-4-9)10-6-14-7-15-10/h1-4,6-7,11-12,16-17H,5H2,(H,14,15). The Morgan fingerprint density at radius 3 is 2.47 bits per heavy atom. The van der Waals surface area contributed by atoms with Crippen LogP contribution in [0, 0.1) is 0 Å². The summed E-state index contributed by atoms with van der Waals surface area (Å²) in [4.78, 5) is 6.95. The molecule has 0 aliphatic carbocycles. The van der Waals surface area contributed by atoms with E-state index < -0.39 is 12.2 Å². The second-order valence-corrected chi connectivity index (χ2v) is 4.40. The van der Waals surface area contributed by atoms with Crippen LogP contribution < -0.4 is 0 Å². The topological polar surface area (TPSA) is 69.1 Å². The molecule has 0 radical (unpaired) electrons. The summed E-state index contributed by atoms with van der Waals surface area (Å²) in [5, 5.41) is 19.7. The normalized spacial score (nSPS) is 14.5. The minimum Gasteiger partial charge on any atom is -0.389 e. The molecule has 2 atom stereocenters. The predicted molar refractivity (Wildman–Crippen MR) is 68.8 cm³/mol.